The van der Waals surface area contributed by atoms with Gasteiger partial charge in [-0.2, -0.15) is 0 Å². The molecule has 2 rings (SSSR count). The monoisotopic (exact) mass is 290 g/mol. The summed E-state index contributed by atoms with van der Waals surface area (Å²) in [4.78, 5) is 0. The van der Waals surface area contributed by atoms with E-state index in [1.54, 1.807) is 12.1 Å². The fourth-order valence-electron chi connectivity index (χ4n) is 1.85. The molecule has 0 heterocycles. The van der Waals surface area contributed by atoms with Crippen LogP contribution in [-0.2, 0) is 6.54 Å². The topological polar surface area (TPSA) is 93.2 Å². The highest BCUT2D eigenvalue weighted by Gasteiger charge is 2.11. The first kappa shape index (κ1) is 14.5. The van der Waals surface area contributed by atoms with Crippen molar-refractivity contribution < 1.29 is 30.0 Å². The van der Waals surface area contributed by atoms with Crippen LogP contribution < -0.4 is 4.74 Å². The molecular formula is C15H16NO5+. The molecule has 0 atom stereocenters. The predicted molar refractivity (Wildman–Crippen MR) is 75.3 cm³/mol. The lowest BCUT2D eigenvalue weighted by molar-refractivity contribution is -0.783. The quantitative estimate of drug-likeness (QED) is 0.298. The van der Waals surface area contributed by atoms with Gasteiger partial charge in [0.2, 0.25) is 12.8 Å². The molecule has 0 unspecified atom stereocenters. The molecule has 0 fully saturated rings. The standard InChI is InChI=1S/C15H15NO5/c1-21-15-6-10(2-5-13(15)18)8-16(20)9-11-3-4-12(17)7-14(11)19/h2-8,17,19-20H,9H2,1H3/p+1. The van der Waals surface area contributed by atoms with Gasteiger partial charge in [0.15, 0.2) is 11.5 Å². The summed E-state index contributed by atoms with van der Waals surface area (Å²) in [5, 5.41) is 38.2. The molecule has 0 aromatic heterocycles. The number of phenols is 3. The van der Waals surface area contributed by atoms with Crippen LogP contribution in [0.2, 0.25) is 0 Å². The van der Waals surface area contributed by atoms with E-state index in [0.717, 1.165) is 4.74 Å². The van der Waals surface area contributed by atoms with Gasteiger partial charge in [0.1, 0.15) is 11.5 Å². The number of ether oxygens (including phenoxy) is 1. The van der Waals surface area contributed by atoms with Crippen LogP contribution in [0.1, 0.15) is 11.1 Å². The van der Waals surface area contributed by atoms with E-state index in [0.29, 0.717) is 16.9 Å². The van der Waals surface area contributed by atoms with Crippen molar-refractivity contribution in [2.24, 2.45) is 0 Å². The first-order chi connectivity index (χ1) is 9.99. The predicted octanol–water partition coefficient (Wildman–Crippen LogP) is 1.83. The fraction of sp³-hybridized carbons (Fsp3) is 0.133. The Morgan fingerprint density at radius 2 is 1.81 bits per heavy atom. The molecule has 0 spiro atoms. The molecule has 0 aliphatic carbocycles. The Kier molecular flexibility index (Phi) is 4.18. The fourth-order valence-corrected chi connectivity index (χ4v) is 1.85. The van der Waals surface area contributed by atoms with Crippen LogP contribution in [0, 0.1) is 0 Å². The zero-order valence-corrected chi connectivity index (χ0v) is 11.4. The zero-order chi connectivity index (χ0) is 15.4. The minimum Gasteiger partial charge on any atom is -0.508 e. The average Bonchev–Trinajstić information content (AvgIpc) is 2.44. The minimum atomic E-state index is -0.106. The molecule has 21 heavy (non-hydrogen) atoms. The number of hydrogen-bond donors (Lipinski definition) is 4. The number of rotatable bonds is 4. The molecule has 0 radical (unpaired) electrons. The molecule has 6 heteroatoms. The normalized spacial score (nSPS) is 11.4. The third-order valence-corrected chi connectivity index (χ3v) is 2.90. The molecule has 0 saturated heterocycles. The van der Waals surface area contributed by atoms with Crippen molar-refractivity contribution >= 4 is 6.21 Å². The molecule has 2 aromatic carbocycles. The van der Waals surface area contributed by atoms with Crippen molar-refractivity contribution in [3.05, 3.63) is 47.5 Å². The van der Waals surface area contributed by atoms with Gasteiger partial charge in [-0.3, -0.25) is 5.21 Å². The lowest BCUT2D eigenvalue weighted by Crippen LogP contribution is -2.08. The summed E-state index contributed by atoms with van der Waals surface area (Å²) in [6, 6.07) is 8.77. The van der Waals surface area contributed by atoms with Gasteiger partial charge in [-0.1, -0.05) is 0 Å². The molecule has 0 bridgehead atoms. The molecule has 110 valence electrons. The molecule has 0 saturated carbocycles. The average molecular weight is 290 g/mol. The van der Waals surface area contributed by atoms with E-state index < -0.39 is 0 Å². The zero-order valence-electron chi connectivity index (χ0n) is 11.4. The minimum absolute atomic E-state index is 0.00955. The van der Waals surface area contributed by atoms with Gasteiger partial charge in [0.25, 0.3) is 0 Å². The smallest absolute Gasteiger partial charge is 0.223 e. The Morgan fingerprint density at radius 3 is 2.48 bits per heavy atom. The van der Waals surface area contributed by atoms with Crippen LogP contribution in [0.4, 0.5) is 0 Å². The van der Waals surface area contributed by atoms with Crippen molar-refractivity contribution in [2.45, 2.75) is 6.54 Å². The molecule has 0 aliphatic rings. The van der Waals surface area contributed by atoms with Crippen LogP contribution in [-0.4, -0.2) is 38.6 Å². The number of aromatic hydroxyl groups is 3. The van der Waals surface area contributed by atoms with Gasteiger partial charge >= 0.3 is 0 Å². The maximum atomic E-state index is 9.88. The Morgan fingerprint density at radius 1 is 1.05 bits per heavy atom. The number of hydroxylamine groups is 1. The van der Waals surface area contributed by atoms with Crippen LogP contribution in [0.15, 0.2) is 36.4 Å². The number of benzene rings is 2. The van der Waals surface area contributed by atoms with E-state index in [1.807, 2.05) is 0 Å². The van der Waals surface area contributed by atoms with Crippen LogP contribution in [0.3, 0.4) is 0 Å². The number of methoxy groups -OCH3 is 1. The second-order valence-corrected chi connectivity index (χ2v) is 4.47. The SMILES string of the molecule is COc1cc(/C=[N+](\O)Cc2ccc(O)cc2O)ccc1O. The number of nitrogens with zero attached hydrogens (tertiary/aromatic N) is 1. The van der Waals surface area contributed by atoms with Crippen LogP contribution in [0.25, 0.3) is 0 Å². The van der Waals surface area contributed by atoms with Crippen molar-refractivity contribution in [2.75, 3.05) is 7.11 Å². The van der Waals surface area contributed by atoms with Gasteiger partial charge in [-0.05, 0) is 35.1 Å². The van der Waals surface area contributed by atoms with Crippen molar-refractivity contribution in [3.63, 3.8) is 0 Å². The summed E-state index contributed by atoms with van der Waals surface area (Å²) in [5.41, 5.74) is 1.07. The first-order valence-corrected chi connectivity index (χ1v) is 6.18. The molecular weight excluding hydrogens is 274 g/mol. The van der Waals surface area contributed by atoms with Gasteiger partial charge in [0.05, 0.1) is 12.7 Å². The van der Waals surface area contributed by atoms with Gasteiger partial charge in [0, 0.05) is 11.6 Å². The summed E-state index contributed by atoms with van der Waals surface area (Å²) in [5.74, 6) is 0.152. The number of phenolic OH excluding ortho intramolecular Hbond substituents is 3. The van der Waals surface area contributed by atoms with Gasteiger partial charge in [-0.15, -0.1) is 0 Å². The van der Waals surface area contributed by atoms with Gasteiger partial charge < -0.3 is 20.1 Å². The van der Waals surface area contributed by atoms with Crippen molar-refractivity contribution in [1.29, 1.82) is 0 Å². The van der Waals surface area contributed by atoms with Crippen molar-refractivity contribution in [3.8, 4) is 23.0 Å². The summed E-state index contributed by atoms with van der Waals surface area (Å²) in [7, 11) is 1.43. The Labute approximate surface area is 121 Å². The maximum absolute atomic E-state index is 9.88. The van der Waals surface area contributed by atoms with Crippen LogP contribution in [0.5, 0.6) is 23.0 Å². The summed E-state index contributed by atoms with van der Waals surface area (Å²) >= 11 is 0. The molecule has 2 aromatic rings. The van der Waals surface area contributed by atoms with Crippen molar-refractivity contribution in [1.82, 2.24) is 0 Å². The highest BCUT2D eigenvalue weighted by atomic mass is 16.5. The van der Waals surface area contributed by atoms with Gasteiger partial charge in [-0.25, -0.2) is 0 Å². The summed E-state index contributed by atoms with van der Waals surface area (Å²) in [6.07, 6.45) is 1.42. The Balaban J connectivity index is 2.21. The summed E-state index contributed by atoms with van der Waals surface area (Å²) < 4.78 is 5.87. The lowest BCUT2D eigenvalue weighted by atomic mass is 10.2. The first-order valence-electron chi connectivity index (χ1n) is 6.18. The van der Waals surface area contributed by atoms with E-state index >= 15 is 0 Å². The second-order valence-electron chi connectivity index (χ2n) is 4.47. The van der Waals surface area contributed by atoms with E-state index in [9.17, 15) is 20.5 Å². The molecule has 0 amide bonds. The third-order valence-electron chi connectivity index (χ3n) is 2.90. The Bertz CT molecular complexity index is 682. The van der Waals surface area contributed by atoms with E-state index in [2.05, 4.69) is 0 Å². The van der Waals surface area contributed by atoms with Crippen LogP contribution >= 0.6 is 0 Å². The Hall–Kier alpha value is -2.89. The second kappa shape index (κ2) is 6.04. The molecule has 6 nitrogen and oxygen atoms in total. The molecule has 4 N–H and O–H groups in total. The third kappa shape index (κ3) is 3.56. The van der Waals surface area contributed by atoms with E-state index in [-0.39, 0.29) is 23.8 Å². The van der Waals surface area contributed by atoms with E-state index in [4.69, 9.17) is 4.74 Å². The van der Waals surface area contributed by atoms with E-state index in [1.165, 1.54) is 37.6 Å². The highest BCUT2D eigenvalue weighted by Crippen LogP contribution is 2.26. The highest BCUT2D eigenvalue weighted by molar-refractivity contribution is 5.77. The number of hydrogen-bond acceptors (Lipinski definition) is 5. The maximum Gasteiger partial charge on any atom is 0.223 e. The lowest BCUT2D eigenvalue weighted by Gasteiger charge is -2.03. The molecule has 0 aliphatic heterocycles. The largest absolute Gasteiger partial charge is 0.508 e. The summed E-state index contributed by atoms with van der Waals surface area (Å²) in [6.45, 7) is 0.0370.